The molecule has 134 valence electrons. The zero-order chi connectivity index (χ0) is 18.4. The Kier molecular flexibility index (Phi) is 6.07. The van der Waals surface area contributed by atoms with Gasteiger partial charge in [-0.05, 0) is 18.4 Å². The lowest BCUT2D eigenvalue weighted by Crippen LogP contribution is -2.29. The fourth-order valence-electron chi connectivity index (χ4n) is 2.50. The summed E-state index contributed by atoms with van der Waals surface area (Å²) in [6.07, 6.45) is 0. The summed E-state index contributed by atoms with van der Waals surface area (Å²) in [5.41, 5.74) is 3.40. The number of benzene rings is 2. The molecule has 1 atom stereocenters. The van der Waals surface area contributed by atoms with E-state index in [1.165, 1.54) is 22.9 Å². The largest absolute Gasteiger partial charge is 0.355 e. The number of amides is 1. The van der Waals surface area contributed by atoms with E-state index in [9.17, 15) is 4.79 Å². The Morgan fingerprint density at radius 1 is 1.15 bits per heavy atom. The molecular formula is C20H22N4OS. The van der Waals surface area contributed by atoms with E-state index in [0.717, 1.165) is 5.56 Å². The fraction of sp³-hybridized carbons (Fsp3) is 0.250. The molecule has 0 fully saturated rings. The van der Waals surface area contributed by atoms with Crippen LogP contribution in [-0.2, 0) is 4.79 Å². The summed E-state index contributed by atoms with van der Waals surface area (Å²) >= 11 is 1.33. The number of aromatic nitrogens is 3. The van der Waals surface area contributed by atoms with E-state index in [-0.39, 0.29) is 11.8 Å². The number of rotatable bonds is 7. The van der Waals surface area contributed by atoms with E-state index in [0.29, 0.717) is 23.3 Å². The number of nitrogens with one attached hydrogen (secondary N) is 2. The molecule has 2 aromatic carbocycles. The Morgan fingerprint density at radius 3 is 2.62 bits per heavy atom. The Bertz CT molecular complexity index is 846. The molecule has 0 bridgehead atoms. The molecule has 0 unspecified atom stereocenters. The molecular weight excluding hydrogens is 344 g/mol. The van der Waals surface area contributed by atoms with Crippen molar-refractivity contribution < 1.29 is 4.79 Å². The SMILES string of the molecule is Cc1ccc(-c2nc(SCC(=O)NC[C@H](C)c3ccccc3)n[nH]2)cc1. The molecule has 3 rings (SSSR count). The van der Waals surface area contributed by atoms with Gasteiger partial charge in [-0.15, -0.1) is 5.10 Å². The molecule has 1 aromatic heterocycles. The first kappa shape index (κ1) is 18.2. The molecule has 0 aliphatic carbocycles. The number of carbonyl (C=O) groups is 1. The highest BCUT2D eigenvalue weighted by Gasteiger charge is 2.11. The van der Waals surface area contributed by atoms with Gasteiger partial charge in [0.15, 0.2) is 5.82 Å². The molecule has 1 amide bonds. The van der Waals surface area contributed by atoms with Gasteiger partial charge in [0.05, 0.1) is 5.75 Å². The van der Waals surface area contributed by atoms with Crippen LogP contribution in [0.1, 0.15) is 24.0 Å². The molecule has 0 saturated heterocycles. The Hall–Kier alpha value is -2.60. The molecule has 0 saturated carbocycles. The molecule has 26 heavy (non-hydrogen) atoms. The summed E-state index contributed by atoms with van der Waals surface area (Å²) in [4.78, 5) is 16.5. The molecule has 1 heterocycles. The standard InChI is InChI=1S/C20H22N4OS/c1-14-8-10-17(11-9-14)19-22-20(24-23-19)26-13-18(25)21-12-15(2)16-6-4-3-5-7-16/h3-11,15H,12-13H2,1-2H3,(H,21,25)(H,22,23,24)/t15-/m0/s1. The lowest BCUT2D eigenvalue weighted by molar-refractivity contribution is -0.118. The van der Waals surface area contributed by atoms with Crippen LogP contribution < -0.4 is 5.32 Å². The van der Waals surface area contributed by atoms with E-state index >= 15 is 0 Å². The van der Waals surface area contributed by atoms with Gasteiger partial charge >= 0.3 is 0 Å². The van der Waals surface area contributed by atoms with E-state index in [2.05, 4.69) is 39.6 Å². The molecule has 0 aliphatic rings. The third-order valence-corrected chi connectivity index (χ3v) is 4.94. The monoisotopic (exact) mass is 366 g/mol. The van der Waals surface area contributed by atoms with E-state index in [1.807, 2.05) is 49.4 Å². The van der Waals surface area contributed by atoms with Gasteiger partial charge in [0.25, 0.3) is 0 Å². The van der Waals surface area contributed by atoms with Crippen molar-refractivity contribution >= 4 is 17.7 Å². The van der Waals surface area contributed by atoms with Crippen LogP contribution >= 0.6 is 11.8 Å². The second-order valence-corrected chi connectivity index (χ2v) is 7.18. The van der Waals surface area contributed by atoms with Crippen LogP contribution in [0.2, 0.25) is 0 Å². The van der Waals surface area contributed by atoms with Gasteiger partial charge in [-0.3, -0.25) is 9.89 Å². The van der Waals surface area contributed by atoms with Gasteiger partial charge in [-0.2, -0.15) is 0 Å². The van der Waals surface area contributed by atoms with Gasteiger partial charge in [-0.1, -0.05) is 78.8 Å². The van der Waals surface area contributed by atoms with Crippen LogP contribution in [0.15, 0.2) is 59.8 Å². The zero-order valence-electron chi connectivity index (χ0n) is 14.9. The van der Waals surface area contributed by atoms with Crippen molar-refractivity contribution in [3.8, 4) is 11.4 Å². The summed E-state index contributed by atoms with van der Waals surface area (Å²) < 4.78 is 0. The maximum atomic E-state index is 12.1. The molecule has 3 aromatic rings. The predicted octanol–water partition coefficient (Wildman–Crippen LogP) is 3.79. The molecule has 0 radical (unpaired) electrons. The van der Waals surface area contributed by atoms with Gasteiger partial charge in [0, 0.05) is 12.1 Å². The second-order valence-electron chi connectivity index (χ2n) is 6.24. The molecule has 0 aliphatic heterocycles. The van der Waals surface area contributed by atoms with Crippen LogP contribution in [-0.4, -0.2) is 33.4 Å². The smallest absolute Gasteiger partial charge is 0.230 e. The Balaban J connectivity index is 1.47. The van der Waals surface area contributed by atoms with Crippen molar-refractivity contribution in [2.45, 2.75) is 24.9 Å². The highest BCUT2D eigenvalue weighted by molar-refractivity contribution is 7.99. The number of thioether (sulfide) groups is 1. The van der Waals surface area contributed by atoms with Crippen molar-refractivity contribution in [2.24, 2.45) is 0 Å². The van der Waals surface area contributed by atoms with Crippen molar-refractivity contribution in [3.63, 3.8) is 0 Å². The van der Waals surface area contributed by atoms with Gasteiger partial charge in [0.2, 0.25) is 11.1 Å². The summed E-state index contributed by atoms with van der Waals surface area (Å²) in [6.45, 7) is 4.76. The van der Waals surface area contributed by atoms with Crippen LogP contribution in [0.3, 0.4) is 0 Å². The summed E-state index contributed by atoms with van der Waals surface area (Å²) in [6, 6.07) is 18.2. The van der Waals surface area contributed by atoms with Gasteiger partial charge < -0.3 is 5.32 Å². The third kappa shape index (κ3) is 4.95. The Labute approximate surface area is 157 Å². The van der Waals surface area contributed by atoms with Crippen molar-refractivity contribution in [1.82, 2.24) is 20.5 Å². The lowest BCUT2D eigenvalue weighted by atomic mass is 10.0. The van der Waals surface area contributed by atoms with Gasteiger partial charge in [0.1, 0.15) is 0 Å². The first-order chi connectivity index (χ1) is 12.6. The average Bonchev–Trinajstić information content (AvgIpc) is 3.14. The number of carbonyl (C=O) groups excluding carboxylic acids is 1. The fourth-order valence-corrected chi connectivity index (χ4v) is 3.13. The molecule has 5 nitrogen and oxygen atoms in total. The van der Waals surface area contributed by atoms with Crippen LogP contribution in [0.25, 0.3) is 11.4 Å². The zero-order valence-corrected chi connectivity index (χ0v) is 15.7. The van der Waals surface area contributed by atoms with Crippen molar-refractivity contribution in [1.29, 1.82) is 0 Å². The first-order valence-electron chi connectivity index (χ1n) is 8.55. The second kappa shape index (κ2) is 8.67. The lowest BCUT2D eigenvalue weighted by Gasteiger charge is -2.12. The molecule has 0 spiro atoms. The minimum atomic E-state index is -0.0144. The van der Waals surface area contributed by atoms with Crippen molar-refractivity contribution in [2.75, 3.05) is 12.3 Å². The Morgan fingerprint density at radius 2 is 1.88 bits per heavy atom. The average molecular weight is 366 g/mol. The first-order valence-corrected chi connectivity index (χ1v) is 9.54. The van der Waals surface area contributed by atoms with Crippen LogP contribution in [0.5, 0.6) is 0 Å². The van der Waals surface area contributed by atoms with Crippen LogP contribution in [0, 0.1) is 6.92 Å². The summed E-state index contributed by atoms with van der Waals surface area (Å²) in [5, 5.41) is 10.6. The number of nitrogens with zero attached hydrogens (tertiary/aromatic N) is 2. The molecule has 6 heteroatoms. The number of aryl methyl sites for hydroxylation is 1. The van der Waals surface area contributed by atoms with Gasteiger partial charge in [-0.25, -0.2) is 4.98 Å². The number of aromatic amines is 1. The molecule has 2 N–H and O–H groups in total. The number of hydrogen-bond acceptors (Lipinski definition) is 4. The van der Waals surface area contributed by atoms with Crippen molar-refractivity contribution in [3.05, 3.63) is 65.7 Å². The number of hydrogen-bond donors (Lipinski definition) is 2. The minimum Gasteiger partial charge on any atom is -0.355 e. The minimum absolute atomic E-state index is 0.0144. The van der Waals surface area contributed by atoms with E-state index in [1.54, 1.807) is 0 Å². The quantitative estimate of drug-likeness (QED) is 0.624. The summed E-state index contributed by atoms with van der Waals surface area (Å²) in [7, 11) is 0. The highest BCUT2D eigenvalue weighted by atomic mass is 32.2. The highest BCUT2D eigenvalue weighted by Crippen LogP contribution is 2.19. The summed E-state index contributed by atoms with van der Waals surface area (Å²) in [5.74, 6) is 1.28. The van der Waals surface area contributed by atoms with Crippen LogP contribution in [0.4, 0.5) is 0 Å². The third-order valence-electron chi connectivity index (χ3n) is 4.10. The number of H-pyrrole nitrogens is 1. The predicted molar refractivity (Wildman–Crippen MR) is 105 cm³/mol. The van der Waals surface area contributed by atoms with E-state index < -0.39 is 0 Å². The normalized spacial score (nSPS) is 11.9. The maximum Gasteiger partial charge on any atom is 0.230 e. The maximum absolute atomic E-state index is 12.1. The topological polar surface area (TPSA) is 70.7 Å². The van der Waals surface area contributed by atoms with E-state index in [4.69, 9.17) is 0 Å².